The van der Waals surface area contributed by atoms with E-state index in [0.717, 1.165) is 0 Å². The summed E-state index contributed by atoms with van der Waals surface area (Å²) in [5, 5.41) is 4.90. The van der Waals surface area contributed by atoms with Gasteiger partial charge in [0, 0.05) is 6.54 Å². The van der Waals surface area contributed by atoms with E-state index in [4.69, 9.17) is 4.42 Å². The SMILES string of the molecule is Cc1cc(C(=O)N2CCCC3(C2)NC(=O)NC3=O)c(C)o1. The Balaban J connectivity index is 1.83. The number of imide groups is 1. The lowest BCUT2D eigenvalue weighted by atomic mass is 9.89. The molecule has 21 heavy (non-hydrogen) atoms. The van der Waals surface area contributed by atoms with E-state index >= 15 is 0 Å². The topological polar surface area (TPSA) is 91.7 Å². The molecule has 2 aliphatic rings. The number of nitrogens with zero attached hydrogens (tertiary/aromatic N) is 1. The van der Waals surface area contributed by atoms with Crippen molar-refractivity contribution in [1.82, 2.24) is 15.5 Å². The van der Waals surface area contributed by atoms with Crippen LogP contribution in [0, 0.1) is 13.8 Å². The molecule has 1 atom stereocenters. The van der Waals surface area contributed by atoms with Crippen LogP contribution in [0.1, 0.15) is 34.7 Å². The molecule has 0 aliphatic carbocycles. The number of hydrogen-bond donors (Lipinski definition) is 2. The summed E-state index contributed by atoms with van der Waals surface area (Å²) in [6, 6.07) is 1.20. The van der Waals surface area contributed by atoms with E-state index in [2.05, 4.69) is 10.6 Å². The summed E-state index contributed by atoms with van der Waals surface area (Å²) >= 11 is 0. The zero-order valence-corrected chi connectivity index (χ0v) is 12.0. The molecule has 7 heteroatoms. The number of furan rings is 1. The summed E-state index contributed by atoms with van der Waals surface area (Å²) in [6.07, 6.45) is 1.20. The van der Waals surface area contributed by atoms with Gasteiger partial charge >= 0.3 is 6.03 Å². The maximum Gasteiger partial charge on any atom is 0.322 e. The summed E-state index contributed by atoms with van der Waals surface area (Å²) in [5.41, 5.74) is -0.480. The fourth-order valence-corrected chi connectivity index (χ4v) is 3.06. The Morgan fingerprint density at radius 2 is 2.14 bits per heavy atom. The molecule has 0 bridgehead atoms. The van der Waals surface area contributed by atoms with E-state index in [1.54, 1.807) is 24.8 Å². The maximum atomic E-state index is 12.6. The Bertz CT molecular complexity index is 636. The molecule has 1 aromatic heterocycles. The lowest BCUT2D eigenvalue weighted by Crippen LogP contribution is -2.59. The number of nitrogens with one attached hydrogen (secondary N) is 2. The van der Waals surface area contributed by atoms with Crippen molar-refractivity contribution < 1.29 is 18.8 Å². The van der Waals surface area contributed by atoms with Gasteiger partial charge in [0.2, 0.25) is 0 Å². The van der Waals surface area contributed by atoms with Crippen LogP contribution in [0.25, 0.3) is 0 Å². The molecule has 3 rings (SSSR count). The van der Waals surface area contributed by atoms with Crippen LogP contribution in [0.4, 0.5) is 4.79 Å². The first-order chi connectivity index (χ1) is 9.91. The van der Waals surface area contributed by atoms with Gasteiger partial charge in [0.15, 0.2) is 0 Å². The first kappa shape index (κ1) is 13.7. The van der Waals surface area contributed by atoms with E-state index in [-0.39, 0.29) is 18.4 Å². The third kappa shape index (κ3) is 2.18. The fourth-order valence-electron chi connectivity index (χ4n) is 3.06. The third-order valence-electron chi connectivity index (χ3n) is 4.07. The molecule has 1 aromatic rings. The molecule has 2 fully saturated rings. The highest BCUT2D eigenvalue weighted by Gasteiger charge is 2.49. The summed E-state index contributed by atoms with van der Waals surface area (Å²) in [6.45, 7) is 4.27. The first-order valence-corrected chi connectivity index (χ1v) is 6.91. The molecule has 3 heterocycles. The number of carbonyl (C=O) groups excluding carboxylic acids is 3. The van der Waals surface area contributed by atoms with E-state index in [1.807, 2.05) is 0 Å². The van der Waals surface area contributed by atoms with Gasteiger partial charge in [-0.15, -0.1) is 0 Å². The number of carbonyl (C=O) groups is 3. The third-order valence-corrected chi connectivity index (χ3v) is 4.07. The van der Waals surface area contributed by atoms with Crippen molar-refractivity contribution in [2.75, 3.05) is 13.1 Å². The van der Waals surface area contributed by atoms with E-state index < -0.39 is 11.6 Å². The van der Waals surface area contributed by atoms with Crippen molar-refractivity contribution in [3.63, 3.8) is 0 Å². The van der Waals surface area contributed by atoms with E-state index in [1.165, 1.54) is 0 Å². The van der Waals surface area contributed by atoms with Crippen LogP contribution < -0.4 is 10.6 Å². The highest BCUT2D eigenvalue weighted by atomic mass is 16.3. The first-order valence-electron chi connectivity index (χ1n) is 6.91. The quantitative estimate of drug-likeness (QED) is 0.745. The van der Waals surface area contributed by atoms with Crippen LogP contribution in [-0.2, 0) is 4.79 Å². The van der Waals surface area contributed by atoms with Gasteiger partial charge < -0.3 is 14.6 Å². The standard InChI is InChI=1S/C14H17N3O4/c1-8-6-10(9(2)21-8)11(18)17-5-3-4-14(7-17)12(19)15-13(20)16-14/h6H,3-5,7H2,1-2H3,(H2,15,16,19,20). The molecular weight excluding hydrogens is 274 g/mol. The molecule has 0 aromatic carbocycles. The van der Waals surface area contributed by atoms with Gasteiger partial charge in [0.05, 0.1) is 12.1 Å². The van der Waals surface area contributed by atoms with Crippen molar-refractivity contribution in [3.05, 3.63) is 23.2 Å². The second-order valence-corrected chi connectivity index (χ2v) is 5.65. The van der Waals surface area contributed by atoms with Crippen molar-refractivity contribution in [2.45, 2.75) is 32.2 Å². The summed E-state index contributed by atoms with van der Waals surface area (Å²) in [4.78, 5) is 37.5. The molecule has 0 radical (unpaired) electrons. The number of likely N-dealkylation sites (tertiary alicyclic amines) is 1. The van der Waals surface area contributed by atoms with Crippen molar-refractivity contribution in [2.24, 2.45) is 0 Å². The molecule has 2 aliphatic heterocycles. The molecule has 2 saturated heterocycles. The van der Waals surface area contributed by atoms with Crippen molar-refractivity contribution in [3.8, 4) is 0 Å². The fraction of sp³-hybridized carbons (Fsp3) is 0.500. The van der Waals surface area contributed by atoms with Crippen LogP contribution in [0.3, 0.4) is 0 Å². The summed E-state index contributed by atoms with van der Waals surface area (Å²) in [5.74, 6) is 0.717. The lowest BCUT2D eigenvalue weighted by Gasteiger charge is -2.37. The van der Waals surface area contributed by atoms with Crippen LogP contribution in [0.15, 0.2) is 10.5 Å². The molecule has 1 unspecified atom stereocenters. The van der Waals surface area contributed by atoms with Crippen molar-refractivity contribution in [1.29, 1.82) is 0 Å². The average molecular weight is 291 g/mol. The minimum absolute atomic E-state index is 0.169. The second-order valence-electron chi connectivity index (χ2n) is 5.65. The predicted molar refractivity (Wildman–Crippen MR) is 72.7 cm³/mol. The van der Waals surface area contributed by atoms with E-state index in [9.17, 15) is 14.4 Å². The zero-order chi connectivity index (χ0) is 15.2. The smallest absolute Gasteiger partial charge is 0.322 e. The Morgan fingerprint density at radius 1 is 1.38 bits per heavy atom. The van der Waals surface area contributed by atoms with Crippen LogP contribution in [-0.4, -0.2) is 41.4 Å². The average Bonchev–Trinajstić information content (AvgIpc) is 2.89. The Morgan fingerprint density at radius 3 is 2.71 bits per heavy atom. The van der Waals surface area contributed by atoms with Gasteiger partial charge in [-0.2, -0.15) is 0 Å². The number of rotatable bonds is 1. The van der Waals surface area contributed by atoms with Crippen LogP contribution >= 0.6 is 0 Å². The normalized spacial score (nSPS) is 25.1. The molecule has 7 nitrogen and oxygen atoms in total. The Hall–Kier alpha value is -2.31. The van der Waals surface area contributed by atoms with Gasteiger partial charge in [0.1, 0.15) is 17.1 Å². The highest BCUT2D eigenvalue weighted by Crippen LogP contribution is 2.26. The summed E-state index contributed by atoms with van der Waals surface area (Å²) < 4.78 is 5.39. The monoisotopic (exact) mass is 291 g/mol. The Kier molecular flexibility index (Phi) is 3.00. The molecule has 1 spiro atoms. The van der Waals surface area contributed by atoms with Gasteiger partial charge in [-0.25, -0.2) is 4.79 Å². The zero-order valence-electron chi connectivity index (χ0n) is 12.0. The number of aryl methyl sites for hydroxylation is 2. The van der Waals surface area contributed by atoms with Crippen molar-refractivity contribution >= 4 is 17.8 Å². The van der Waals surface area contributed by atoms with Crippen LogP contribution in [0.5, 0.6) is 0 Å². The molecule has 112 valence electrons. The maximum absolute atomic E-state index is 12.6. The lowest BCUT2D eigenvalue weighted by molar-refractivity contribution is -0.125. The molecule has 2 N–H and O–H groups in total. The highest BCUT2D eigenvalue weighted by molar-refractivity contribution is 6.07. The predicted octanol–water partition coefficient (Wildman–Crippen LogP) is 0.711. The van der Waals surface area contributed by atoms with Gasteiger partial charge in [0.25, 0.3) is 11.8 Å². The number of urea groups is 1. The molecule has 0 saturated carbocycles. The number of hydrogen-bond acceptors (Lipinski definition) is 4. The molecular formula is C14H17N3O4. The number of amides is 4. The minimum atomic E-state index is -0.988. The van der Waals surface area contributed by atoms with E-state index in [0.29, 0.717) is 36.5 Å². The van der Waals surface area contributed by atoms with Crippen LogP contribution in [0.2, 0.25) is 0 Å². The summed E-state index contributed by atoms with van der Waals surface area (Å²) in [7, 11) is 0. The second kappa shape index (κ2) is 4.61. The largest absolute Gasteiger partial charge is 0.466 e. The van der Waals surface area contributed by atoms with Gasteiger partial charge in [-0.3, -0.25) is 14.9 Å². The van der Waals surface area contributed by atoms with Gasteiger partial charge in [-0.05, 0) is 32.8 Å². The molecule has 4 amide bonds. The Labute approximate surface area is 121 Å². The minimum Gasteiger partial charge on any atom is -0.466 e. The number of piperidine rings is 1. The van der Waals surface area contributed by atoms with Gasteiger partial charge in [-0.1, -0.05) is 0 Å².